The predicted octanol–water partition coefficient (Wildman–Crippen LogP) is 1.07. The summed E-state index contributed by atoms with van der Waals surface area (Å²) in [6, 6.07) is 1.57. The SMILES string of the molecule is O=C(Nc1nccc(Cl)n1)[C@H]1CCCNC1. The van der Waals surface area contributed by atoms with Gasteiger partial charge in [0.05, 0.1) is 5.92 Å². The number of anilines is 1. The van der Waals surface area contributed by atoms with E-state index in [-0.39, 0.29) is 17.8 Å². The number of hydrogen-bond acceptors (Lipinski definition) is 4. The summed E-state index contributed by atoms with van der Waals surface area (Å²) >= 11 is 5.70. The normalized spacial score (nSPS) is 20.4. The monoisotopic (exact) mass is 240 g/mol. The van der Waals surface area contributed by atoms with Crippen LogP contribution in [0.5, 0.6) is 0 Å². The van der Waals surface area contributed by atoms with Crippen LogP contribution in [0.3, 0.4) is 0 Å². The zero-order valence-electron chi connectivity index (χ0n) is 8.74. The maximum Gasteiger partial charge on any atom is 0.231 e. The summed E-state index contributed by atoms with van der Waals surface area (Å²) in [7, 11) is 0. The molecule has 1 saturated heterocycles. The molecule has 1 aliphatic heterocycles. The van der Waals surface area contributed by atoms with Crippen LogP contribution in [0.4, 0.5) is 5.95 Å². The Kier molecular flexibility index (Phi) is 3.69. The van der Waals surface area contributed by atoms with Crippen LogP contribution in [0.2, 0.25) is 5.15 Å². The zero-order chi connectivity index (χ0) is 11.4. The van der Waals surface area contributed by atoms with Crippen LogP contribution in [0.1, 0.15) is 12.8 Å². The number of amides is 1. The van der Waals surface area contributed by atoms with Gasteiger partial charge in [-0.25, -0.2) is 9.97 Å². The van der Waals surface area contributed by atoms with Crippen molar-refractivity contribution in [2.75, 3.05) is 18.4 Å². The van der Waals surface area contributed by atoms with Crippen molar-refractivity contribution < 1.29 is 4.79 Å². The third-order valence-corrected chi connectivity index (χ3v) is 2.73. The zero-order valence-corrected chi connectivity index (χ0v) is 9.50. The average molecular weight is 241 g/mol. The van der Waals surface area contributed by atoms with E-state index in [1.54, 1.807) is 6.07 Å². The number of carbonyl (C=O) groups is 1. The Morgan fingerprint density at radius 2 is 2.50 bits per heavy atom. The molecule has 0 aromatic carbocycles. The fraction of sp³-hybridized carbons (Fsp3) is 0.500. The van der Waals surface area contributed by atoms with Crippen molar-refractivity contribution in [3.05, 3.63) is 17.4 Å². The van der Waals surface area contributed by atoms with Crippen LogP contribution in [0, 0.1) is 5.92 Å². The number of carbonyl (C=O) groups excluding carboxylic acids is 1. The van der Waals surface area contributed by atoms with Crippen LogP contribution in [0.25, 0.3) is 0 Å². The van der Waals surface area contributed by atoms with Crippen molar-refractivity contribution in [2.24, 2.45) is 5.92 Å². The number of nitrogens with zero attached hydrogens (tertiary/aromatic N) is 2. The van der Waals surface area contributed by atoms with E-state index in [9.17, 15) is 4.79 Å². The molecular formula is C10H13ClN4O. The molecule has 0 bridgehead atoms. The minimum atomic E-state index is -0.0468. The molecule has 6 heteroatoms. The highest BCUT2D eigenvalue weighted by molar-refractivity contribution is 6.29. The van der Waals surface area contributed by atoms with Gasteiger partial charge in [-0.05, 0) is 25.5 Å². The van der Waals surface area contributed by atoms with Gasteiger partial charge < -0.3 is 5.32 Å². The molecule has 86 valence electrons. The van der Waals surface area contributed by atoms with Crippen LogP contribution in [-0.4, -0.2) is 29.0 Å². The second-order valence-corrected chi connectivity index (χ2v) is 4.12. The first-order valence-corrected chi connectivity index (χ1v) is 5.63. The minimum absolute atomic E-state index is 0.00340. The largest absolute Gasteiger partial charge is 0.316 e. The van der Waals surface area contributed by atoms with E-state index in [0.717, 1.165) is 19.4 Å². The molecule has 2 N–H and O–H groups in total. The third kappa shape index (κ3) is 2.90. The van der Waals surface area contributed by atoms with Crippen molar-refractivity contribution in [3.63, 3.8) is 0 Å². The fourth-order valence-corrected chi connectivity index (χ4v) is 1.82. The van der Waals surface area contributed by atoms with E-state index < -0.39 is 0 Å². The van der Waals surface area contributed by atoms with E-state index in [1.807, 2.05) is 0 Å². The number of halogens is 1. The standard InChI is InChI=1S/C10H13ClN4O/c11-8-3-5-13-10(14-8)15-9(16)7-2-1-4-12-6-7/h3,5,7,12H,1-2,4,6H2,(H,13,14,15,16)/t7-/m0/s1. The molecule has 0 aliphatic carbocycles. The molecule has 0 unspecified atom stereocenters. The Hall–Kier alpha value is -1.20. The van der Waals surface area contributed by atoms with Crippen molar-refractivity contribution in [1.82, 2.24) is 15.3 Å². The van der Waals surface area contributed by atoms with Crippen LogP contribution < -0.4 is 10.6 Å². The van der Waals surface area contributed by atoms with E-state index in [1.165, 1.54) is 6.20 Å². The fourth-order valence-electron chi connectivity index (χ4n) is 1.68. The summed E-state index contributed by atoms with van der Waals surface area (Å²) in [4.78, 5) is 19.6. The molecule has 1 amide bonds. The van der Waals surface area contributed by atoms with Gasteiger partial charge in [0.2, 0.25) is 11.9 Å². The summed E-state index contributed by atoms with van der Waals surface area (Å²) in [6.45, 7) is 1.70. The highest BCUT2D eigenvalue weighted by Crippen LogP contribution is 2.12. The van der Waals surface area contributed by atoms with Gasteiger partial charge >= 0.3 is 0 Å². The Balaban J connectivity index is 1.96. The van der Waals surface area contributed by atoms with Crippen molar-refractivity contribution in [1.29, 1.82) is 0 Å². The molecule has 0 radical (unpaired) electrons. The highest BCUT2D eigenvalue weighted by Gasteiger charge is 2.21. The van der Waals surface area contributed by atoms with Crippen molar-refractivity contribution in [2.45, 2.75) is 12.8 Å². The van der Waals surface area contributed by atoms with E-state index >= 15 is 0 Å². The Morgan fingerprint density at radius 1 is 1.62 bits per heavy atom. The summed E-state index contributed by atoms with van der Waals surface area (Å²) in [6.07, 6.45) is 3.44. The van der Waals surface area contributed by atoms with Gasteiger partial charge in [0.1, 0.15) is 5.15 Å². The summed E-state index contributed by atoms with van der Waals surface area (Å²) in [5.41, 5.74) is 0. The first-order chi connectivity index (χ1) is 7.75. The van der Waals surface area contributed by atoms with Gasteiger partial charge in [0.15, 0.2) is 0 Å². The smallest absolute Gasteiger partial charge is 0.231 e. The number of aromatic nitrogens is 2. The molecule has 1 atom stereocenters. The Bertz CT molecular complexity index is 379. The lowest BCUT2D eigenvalue weighted by Gasteiger charge is -2.21. The molecular weight excluding hydrogens is 228 g/mol. The summed E-state index contributed by atoms with van der Waals surface area (Å²) in [5.74, 6) is 0.217. The quantitative estimate of drug-likeness (QED) is 0.759. The van der Waals surface area contributed by atoms with Gasteiger partial charge in [0, 0.05) is 12.7 Å². The molecule has 16 heavy (non-hydrogen) atoms. The first kappa shape index (κ1) is 11.3. The second-order valence-electron chi connectivity index (χ2n) is 3.74. The predicted molar refractivity (Wildman–Crippen MR) is 61.3 cm³/mol. The second kappa shape index (κ2) is 5.23. The topological polar surface area (TPSA) is 66.9 Å². The molecule has 1 fully saturated rings. The number of rotatable bonds is 2. The Morgan fingerprint density at radius 3 is 3.19 bits per heavy atom. The first-order valence-electron chi connectivity index (χ1n) is 5.26. The lowest BCUT2D eigenvalue weighted by Crippen LogP contribution is -2.37. The van der Waals surface area contributed by atoms with Gasteiger partial charge in [-0.1, -0.05) is 11.6 Å². The molecule has 1 aromatic heterocycles. The molecule has 2 heterocycles. The van der Waals surface area contributed by atoms with E-state index in [4.69, 9.17) is 11.6 Å². The molecule has 0 saturated carbocycles. The lowest BCUT2D eigenvalue weighted by atomic mass is 9.99. The Labute approximate surface area is 98.6 Å². The van der Waals surface area contributed by atoms with E-state index in [2.05, 4.69) is 20.6 Å². The van der Waals surface area contributed by atoms with Gasteiger partial charge in [0.25, 0.3) is 0 Å². The van der Waals surface area contributed by atoms with E-state index in [0.29, 0.717) is 11.7 Å². The van der Waals surface area contributed by atoms with Gasteiger partial charge in [-0.2, -0.15) is 0 Å². The molecule has 1 aromatic rings. The van der Waals surface area contributed by atoms with Crippen LogP contribution >= 0.6 is 11.6 Å². The molecule has 0 spiro atoms. The van der Waals surface area contributed by atoms with Gasteiger partial charge in [-0.3, -0.25) is 10.1 Å². The number of hydrogen-bond donors (Lipinski definition) is 2. The minimum Gasteiger partial charge on any atom is -0.316 e. The molecule has 5 nitrogen and oxygen atoms in total. The third-order valence-electron chi connectivity index (χ3n) is 2.52. The van der Waals surface area contributed by atoms with Crippen molar-refractivity contribution in [3.8, 4) is 0 Å². The van der Waals surface area contributed by atoms with Crippen LogP contribution in [-0.2, 0) is 4.79 Å². The molecule has 2 rings (SSSR count). The van der Waals surface area contributed by atoms with Crippen molar-refractivity contribution >= 4 is 23.5 Å². The molecule has 1 aliphatic rings. The summed E-state index contributed by atoms with van der Waals surface area (Å²) < 4.78 is 0. The number of piperidine rings is 1. The average Bonchev–Trinajstić information content (AvgIpc) is 2.30. The van der Waals surface area contributed by atoms with Gasteiger partial charge in [-0.15, -0.1) is 0 Å². The van der Waals surface area contributed by atoms with Crippen LogP contribution in [0.15, 0.2) is 12.3 Å². The highest BCUT2D eigenvalue weighted by atomic mass is 35.5. The number of nitrogens with one attached hydrogen (secondary N) is 2. The maximum atomic E-state index is 11.8. The maximum absolute atomic E-state index is 11.8. The summed E-state index contributed by atoms with van der Waals surface area (Å²) in [5, 5.41) is 6.18. The lowest BCUT2D eigenvalue weighted by molar-refractivity contribution is -0.120.